The Morgan fingerprint density at radius 2 is 2.00 bits per heavy atom. The van der Waals surface area contributed by atoms with Gasteiger partial charge >= 0.3 is 12.0 Å². The average molecular weight is 361 g/mol. The van der Waals surface area contributed by atoms with Gasteiger partial charge in [0.25, 0.3) is 5.91 Å². The van der Waals surface area contributed by atoms with E-state index in [-0.39, 0.29) is 9.90 Å². The summed E-state index contributed by atoms with van der Waals surface area (Å²) in [4.78, 5) is 34.3. The highest BCUT2D eigenvalue weighted by Gasteiger charge is 2.24. The molecule has 6 nitrogen and oxygen atoms in total. The molecule has 2 aromatic rings. The van der Waals surface area contributed by atoms with Crippen LogP contribution >= 0.6 is 34.5 Å². The van der Waals surface area contributed by atoms with Crippen molar-refractivity contribution in [2.75, 3.05) is 0 Å². The Morgan fingerprint density at radius 3 is 2.64 bits per heavy atom. The first-order valence-electron chi connectivity index (χ1n) is 5.98. The van der Waals surface area contributed by atoms with Crippen molar-refractivity contribution in [1.29, 1.82) is 0 Å². The minimum absolute atomic E-state index is 0.151. The molecule has 22 heavy (non-hydrogen) atoms. The molecular weight excluding hydrogens is 351 g/mol. The molecule has 9 heteroatoms. The van der Waals surface area contributed by atoms with Crippen LogP contribution in [0.25, 0.3) is 10.1 Å². The Hall–Kier alpha value is -1.83. The van der Waals surface area contributed by atoms with Crippen LogP contribution in [0, 0.1) is 0 Å². The van der Waals surface area contributed by atoms with Crippen LogP contribution in [0.4, 0.5) is 4.79 Å². The summed E-state index contributed by atoms with van der Waals surface area (Å²) in [7, 11) is 0. The Balaban J connectivity index is 2.21. The summed E-state index contributed by atoms with van der Waals surface area (Å²) in [6.45, 7) is 1.31. The quantitative estimate of drug-likeness (QED) is 0.821. The minimum Gasteiger partial charge on any atom is -0.448 e. The number of nitrogens with one attached hydrogen (secondary N) is 1. The molecule has 1 atom stereocenters. The summed E-state index contributed by atoms with van der Waals surface area (Å²) >= 11 is 13.1. The molecule has 1 heterocycles. The Bertz CT molecular complexity index is 775. The van der Waals surface area contributed by atoms with Crippen molar-refractivity contribution in [2.24, 2.45) is 5.73 Å². The van der Waals surface area contributed by atoms with Gasteiger partial charge in [-0.25, -0.2) is 9.59 Å². The van der Waals surface area contributed by atoms with Crippen molar-refractivity contribution >= 4 is 62.5 Å². The summed E-state index contributed by atoms with van der Waals surface area (Å²) < 4.78 is 5.69. The lowest BCUT2D eigenvalue weighted by molar-refractivity contribution is -0.127. The van der Waals surface area contributed by atoms with Crippen LogP contribution in [0.3, 0.4) is 0 Å². The molecule has 0 aliphatic rings. The van der Waals surface area contributed by atoms with E-state index in [1.165, 1.54) is 6.92 Å². The Labute approximate surface area is 139 Å². The molecule has 3 amide bonds. The molecule has 0 spiro atoms. The highest BCUT2D eigenvalue weighted by Crippen LogP contribution is 2.37. The maximum Gasteiger partial charge on any atom is 0.350 e. The molecule has 1 aromatic heterocycles. The molecule has 0 saturated carbocycles. The zero-order valence-corrected chi connectivity index (χ0v) is 13.5. The molecule has 2 rings (SSSR count). The molecule has 0 unspecified atom stereocenters. The molecule has 0 bridgehead atoms. The number of primary amides is 1. The first kappa shape index (κ1) is 16.5. The van der Waals surface area contributed by atoms with Gasteiger partial charge in [0.05, 0.1) is 5.02 Å². The number of carbonyl (C=O) groups excluding carboxylic acids is 3. The summed E-state index contributed by atoms with van der Waals surface area (Å²) in [5.41, 5.74) is 4.82. The number of ether oxygens (including phenoxy) is 1. The molecule has 0 aliphatic carbocycles. The minimum atomic E-state index is -1.19. The van der Waals surface area contributed by atoms with Crippen molar-refractivity contribution in [3.63, 3.8) is 0 Å². The topological polar surface area (TPSA) is 98.5 Å². The van der Waals surface area contributed by atoms with Gasteiger partial charge in [0.2, 0.25) is 0 Å². The second kappa shape index (κ2) is 6.51. The van der Waals surface area contributed by atoms with Crippen LogP contribution in [0.5, 0.6) is 0 Å². The number of halogens is 2. The van der Waals surface area contributed by atoms with Gasteiger partial charge < -0.3 is 10.5 Å². The van der Waals surface area contributed by atoms with Gasteiger partial charge in [0, 0.05) is 15.1 Å². The number of benzene rings is 1. The lowest BCUT2D eigenvalue weighted by Gasteiger charge is -2.11. The summed E-state index contributed by atoms with van der Waals surface area (Å²) in [6, 6.07) is 3.99. The molecule has 0 saturated heterocycles. The molecule has 0 fully saturated rings. The van der Waals surface area contributed by atoms with Gasteiger partial charge in [-0.1, -0.05) is 29.3 Å². The predicted octanol–water partition coefficient (Wildman–Crippen LogP) is 2.95. The second-order valence-corrected chi connectivity index (χ2v) is 6.15. The number of fused-ring (bicyclic) bond motifs is 1. The lowest BCUT2D eigenvalue weighted by atomic mass is 10.2. The van der Waals surface area contributed by atoms with E-state index in [4.69, 9.17) is 33.7 Å². The van der Waals surface area contributed by atoms with Gasteiger partial charge in [0.15, 0.2) is 6.10 Å². The third kappa shape index (κ3) is 3.49. The molecule has 3 N–H and O–H groups in total. The van der Waals surface area contributed by atoms with E-state index in [2.05, 4.69) is 0 Å². The van der Waals surface area contributed by atoms with E-state index in [1.807, 2.05) is 5.32 Å². The maximum atomic E-state index is 12.1. The van der Waals surface area contributed by atoms with Crippen LogP contribution in [0.2, 0.25) is 10.0 Å². The smallest absolute Gasteiger partial charge is 0.350 e. The SMILES string of the molecule is C[C@H](OC(=O)c1sc2cc(Cl)ccc2c1Cl)C(=O)NC(N)=O. The Morgan fingerprint density at radius 1 is 1.32 bits per heavy atom. The first-order chi connectivity index (χ1) is 10.3. The number of thiophene rings is 1. The summed E-state index contributed by atoms with van der Waals surface area (Å²) in [6.07, 6.45) is -1.19. The number of amides is 3. The molecular formula is C13H10Cl2N2O4S. The number of esters is 1. The van der Waals surface area contributed by atoms with Crippen molar-refractivity contribution in [3.05, 3.63) is 33.1 Å². The van der Waals surface area contributed by atoms with Gasteiger partial charge in [-0.05, 0) is 19.1 Å². The second-order valence-electron chi connectivity index (χ2n) is 4.29. The Kier molecular flexibility index (Phi) is 4.90. The monoisotopic (exact) mass is 360 g/mol. The largest absolute Gasteiger partial charge is 0.448 e. The van der Waals surface area contributed by atoms with Gasteiger partial charge in [-0.15, -0.1) is 11.3 Å². The van der Waals surface area contributed by atoms with Crippen molar-refractivity contribution in [1.82, 2.24) is 5.32 Å². The number of carbonyl (C=O) groups is 3. The number of urea groups is 1. The maximum absolute atomic E-state index is 12.1. The fourth-order valence-electron chi connectivity index (χ4n) is 1.66. The van der Waals surface area contributed by atoms with E-state index in [9.17, 15) is 14.4 Å². The van der Waals surface area contributed by atoms with Crippen LogP contribution < -0.4 is 11.1 Å². The van der Waals surface area contributed by atoms with Crippen LogP contribution in [0.15, 0.2) is 18.2 Å². The summed E-state index contributed by atoms with van der Waals surface area (Å²) in [5, 5.41) is 3.23. The van der Waals surface area contributed by atoms with Gasteiger partial charge in [-0.3, -0.25) is 10.1 Å². The number of imide groups is 1. The van der Waals surface area contributed by atoms with E-state index < -0.39 is 24.0 Å². The number of rotatable bonds is 3. The zero-order chi connectivity index (χ0) is 16.4. The highest BCUT2D eigenvalue weighted by molar-refractivity contribution is 7.21. The van der Waals surface area contributed by atoms with E-state index in [0.717, 1.165) is 16.0 Å². The fourth-order valence-corrected chi connectivity index (χ4v) is 3.33. The van der Waals surface area contributed by atoms with Crippen molar-refractivity contribution < 1.29 is 19.1 Å². The lowest BCUT2D eigenvalue weighted by Crippen LogP contribution is -2.42. The number of hydrogen-bond donors (Lipinski definition) is 2. The van der Waals surface area contributed by atoms with Crippen LogP contribution in [-0.2, 0) is 9.53 Å². The van der Waals surface area contributed by atoms with E-state index in [1.54, 1.807) is 18.2 Å². The number of hydrogen-bond acceptors (Lipinski definition) is 5. The number of nitrogens with two attached hydrogens (primary N) is 1. The van der Waals surface area contributed by atoms with Gasteiger partial charge in [0.1, 0.15) is 4.88 Å². The third-order valence-electron chi connectivity index (χ3n) is 2.68. The fraction of sp³-hybridized carbons (Fsp3) is 0.154. The third-order valence-corrected chi connectivity index (χ3v) is 4.55. The highest BCUT2D eigenvalue weighted by atomic mass is 35.5. The van der Waals surface area contributed by atoms with Crippen molar-refractivity contribution in [2.45, 2.75) is 13.0 Å². The zero-order valence-electron chi connectivity index (χ0n) is 11.2. The molecule has 1 aromatic carbocycles. The predicted molar refractivity (Wildman–Crippen MR) is 84.4 cm³/mol. The molecule has 0 radical (unpaired) electrons. The van der Waals surface area contributed by atoms with Crippen LogP contribution in [-0.4, -0.2) is 24.0 Å². The summed E-state index contributed by atoms with van der Waals surface area (Å²) in [5.74, 6) is -1.59. The van der Waals surface area contributed by atoms with Crippen molar-refractivity contribution in [3.8, 4) is 0 Å². The molecule has 0 aliphatic heterocycles. The molecule has 116 valence electrons. The standard InChI is InChI=1S/C13H10Cl2N2O4S/c1-5(11(18)17-13(16)20)21-12(19)10-9(15)7-3-2-6(14)4-8(7)22-10/h2-5H,1H3,(H3,16,17,18,20)/t5-/m0/s1. The van der Waals surface area contributed by atoms with Gasteiger partial charge in [-0.2, -0.15) is 0 Å². The van der Waals surface area contributed by atoms with E-state index >= 15 is 0 Å². The van der Waals surface area contributed by atoms with Crippen LogP contribution in [0.1, 0.15) is 16.6 Å². The average Bonchev–Trinajstić information content (AvgIpc) is 2.74. The van der Waals surface area contributed by atoms with E-state index in [0.29, 0.717) is 10.4 Å². The first-order valence-corrected chi connectivity index (χ1v) is 7.55. The normalized spacial score (nSPS) is 12.0.